The van der Waals surface area contributed by atoms with Crippen LogP contribution in [0.3, 0.4) is 0 Å². The Morgan fingerprint density at radius 3 is 2.55 bits per heavy atom. The van der Waals surface area contributed by atoms with E-state index in [0.29, 0.717) is 36.6 Å². The van der Waals surface area contributed by atoms with Gasteiger partial charge in [-0.05, 0) is 43.0 Å². The van der Waals surface area contributed by atoms with Crippen LogP contribution in [0.15, 0.2) is 48.5 Å². The summed E-state index contributed by atoms with van der Waals surface area (Å²) < 4.78 is 10.7. The van der Waals surface area contributed by atoms with Crippen LogP contribution >= 0.6 is 11.8 Å². The number of nitrogens with zero attached hydrogens (tertiary/aromatic N) is 2. The molecule has 3 aliphatic rings. The first-order valence-corrected chi connectivity index (χ1v) is 11.8. The van der Waals surface area contributed by atoms with Crippen molar-refractivity contribution in [2.75, 3.05) is 32.2 Å². The van der Waals surface area contributed by atoms with Gasteiger partial charge in [0.2, 0.25) is 12.7 Å². The van der Waals surface area contributed by atoms with E-state index in [1.165, 1.54) is 5.56 Å². The maximum atomic E-state index is 13.0. The number of amides is 2. The molecule has 1 spiro atoms. The van der Waals surface area contributed by atoms with Gasteiger partial charge in [0, 0.05) is 37.4 Å². The summed E-state index contributed by atoms with van der Waals surface area (Å²) in [5, 5.41) is 0. The van der Waals surface area contributed by atoms with Gasteiger partial charge in [0.1, 0.15) is 0 Å². The van der Waals surface area contributed by atoms with Gasteiger partial charge < -0.3 is 19.3 Å². The lowest BCUT2D eigenvalue weighted by Gasteiger charge is -2.44. The highest BCUT2D eigenvalue weighted by molar-refractivity contribution is 8.00. The number of likely N-dealkylation sites (tertiary alicyclic amines) is 1. The van der Waals surface area contributed by atoms with Crippen molar-refractivity contribution in [3.63, 3.8) is 0 Å². The number of carbonyl (C=O) groups is 2. The van der Waals surface area contributed by atoms with Crippen LogP contribution < -0.4 is 9.47 Å². The summed E-state index contributed by atoms with van der Waals surface area (Å²) in [5.74, 6) is 2.51. The lowest BCUT2D eigenvalue weighted by atomic mass is 10.00. The van der Waals surface area contributed by atoms with Crippen LogP contribution in [0.5, 0.6) is 11.5 Å². The van der Waals surface area contributed by atoms with Gasteiger partial charge in [0.25, 0.3) is 5.91 Å². The Balaban J connectivity index is 1.21. The fourth-order valence-corrected chi connectivity index (χ4v) is 6.15. The Kier molecular flexibility index (Phi) is 5.52. The fourth-order valence-electron chi connectivity index (χ4n) is 4.68. The van der Waals surface area contributed by atoms with Crippen molar-refractivity contribution in [3.8, 4) is 11.5 Å². The Bertz CT molecular complexity index is 973. The number of carbonyl (C=O) groups excluding carboxylic acids is 2. The zero-order chi connectivity index (χ0) is 21.3. The van der Waals surface area contributed by atoms with E-state index in [9.17, 15) is 9.59 Å². The smallest absolute Gasteiger partial charge is 0.253 e. The number of fused-ring (bicyclic) bond motifs is 1. The van der Waals surface area contributed by atoms with Gasteiger partial charge in [-0.25, -0.2) is 0 Å². The van der Waals surface area contributed by atoms with Crippen LogP contribution in [0, 0.1) is 0 Å². The standard InChI is InChI=1S/C24H26N2O4S/c27-22(9-6-18-4-2-1-3-5-18)26-14-15-31-24(26)10-12-25(13-11-24)23(28)19-7-8-20-21(16-19)30-17-29-20/h1-5,7-8,16H,6,9-15,17H2. The fraction of sp³-hybridized carbons (Fsp3) is 0.417. The van der Waals surface area contributed by atoms with Crippen molar-refractivity contribution in [3.05, 3.63) is 59.7 Å². The van der Waals surface area contributed by atoms with Gasteiger partial charge in [-0.1, -0.05) is 30.3 Å². The third kappa shape index (κ3) is 3.99. The Morgan fingerprint density at radius 1 is 0.968 bits per heavy atom. The first-order valence-electron chi connectivity index (χ1n) is 10.8. The number of benzene rings is 2. The number of piperidine rings is 1. The summed E-state index contributed by atoms with van der Waals surface area (Å²) in [6.07, 6.45) is 2.92. The first-order chi connectivity index (χ1) is 15.1. The highest BCUT2D eigenvalue weighted by atomic mass is 32.2. The van der Waals surface area contributed by atoms with E-state index in [4.69, 9.17) is 9.47 Å². The summed E-state index contributed by atoms with van der Waals surface area (Å²) in [4.78, 5) is 29.9. The number of aryl methyl sites for hydroxylation is 1. The molecule has 3 heterocycles. The van der Waals surface area contributed by atoms with E-state index in [1.54, 1.807) is 18.2 Å². The van der Waals surface area contributed by atoms with Crippen molar-refractivity contribution in [1.29, 1.82) is 0 Å². The lowest BCUT2D eigenvalue weighted by Crippen LogP contribution is -2.53. The molecule has 0 bridgehead atoms. The highest BCUT2D eigenvalue weighted by Crippen LogP contribution is 2.44. The van der Waals surface area contributed by atoms with Crippen LogP contribution in [0.25, 0.3) is 0 Å². The molecule has 6 nitrogen and oxygen atoms in total. The Labute approximate surface area is 186 Å². The van der Waals surface area contributed by atoms with Crippen molar-refractivity contribution in [2.24, 2.45) is 0 Å². The molecule has 2 saturated heterocycles. The minimum Gasteiger partial charge on any atom is -0.454 e. The number of hydrogen-bond acceptors (Lipinski definition) is 5. The highest BCUT2D eigenvalue weighted by Gasteiger charge is 2.46. The molecule has 31 heavy (non-hydrogen) atoms. The summed E-state index contributed by atoms with van der Waals surface area (Å²) in [5.41, 5.74) is 1.82. The molecule has 3 aliphatic heterocycles. The van der Waals surface area contributed by atoms with Gasteiger partial charge in [-0.3, -0.25) is 9.59 Å². The SMILES string of the molecule is O=C(c1ccc2c(c1)OCO2)N1CCC2(CC1)SCCN2C(=O)CCc1ccccc1. The summed E-state index contributed by atoms with van der Waals surface area (Å²) in [6.45, 7) is 2.31. The molecule has 2 fully saturated rings. The number of rotatable bonds is 4. The van der Waals surface area contributed by atoms with Crippen LogP contribution in [0.1, 0.15) is 35.2 Å². The van der Waals surface area contributed by atoms with Crippen molar-refractivity contribution >= 4 is 23.6 Å². The van der Waals surface area contributed by atoms with Crippen molar-refractivity contribution in [1.82, 2.24) is 9.80 Å². The average molecular weight is 439 g/mol. The van der Waals surface area contributed by atoms with Crippen LogP contribution in [0.4, 0.5) is 0 Å². The van der Waals surface area contributed by atoms with Crippen molar-refractivity contribution in [2.45, 2.75) is 30.6 Å². The predicted molar refractivity (Wildman–Crippen MR) is 119 cm³/mol. The van der Waals surface area contributed by atoms with Gasteiger partial charge in [0.15, 0.2) is 11.5 Å². The number of ether oxygens (including phenoxy) is 2. The van der Waals surface area contributed by atoms with Gasteiger partial charge >= 0.3 is 0 Å². The van der Waals surface area contributed by atoms with Gasteiger partial charge in [0.05, 0.1) is 4.87 Å². The molecule has 2 amide bonds. The molecule has 162 valence electrons. The van der Waals surface area contributed by atoms with E-state index in [-0.39, 0.29) is 23.5 Å². The number of thioether (sulfide) groups is 1. The maximum Gasteiger partial charge on any atom is 0.253 e. The summed E-state index contributed by atoms with van der Waals surface area (Å²) in [7, 11) is 0. The molecule has 2 aromatic carbocycles. The predicted octanol–water partition coefficient (Wildman–Crippen LogP) is 3.56. The summed E-state index contributed by atoms with van der Waals surface area (Å²) in [6, 6.07) is 15.5. The molecular formula is C24H26N2O4S. The zero-order valence-corrected chi connectivity index (χ0v) is 18.2. The van der Waals surface area contributed by atoms with Crippen LogP contribution in [-0.4, -0.2) is 58.7 Å². The molecule has 0 N–H and O–H groups in total. The molecule has 0 aliphatic carbocycles. The minimum atomic E-state index is -0.167. The molecule has 5 rings (SSSR count). The largest absolute Gasteiger partial charge is 0.454 e. The second-order valence-corrected chi connectivity index (χ2v) is 9.64. The van der Waals surface area contributed by atoms with E-state index in [2.05, 4.69) is 17.0 Å². The maximum absolute atomic E-state index is 13.0. The topological polar surface area (TPSA) is 59.1 Å². The van der Waals surface area contributed by atoms with E-state index >= 15 is 0 Å². The molecular weight excluding hydrogens is 412 g/mol. The quantitative estimate of drug-likeness (QED) is 0.731. The van der Waals surface area contributed by atoms with Crippen LogP contribution in [0.2, 0.25) is 0 Å². The molecule has 0 unspecified atom stereocenters. The Hall–Kier alpha value is -2.67. The van der Waals surface area contributed by atoms with Gasteiger partial charge in [-0.15, -0.1) is 11.8 Å². The second kappa shape index (κ2) is 8.46. The molecule has 2 aromatic rings. The monoisotopic (exact) mass is 438 g/mol. The van der Waals surface area contributed by atoms with Crippen LogP contribution in [-0.2, 0) is 11.2 Å². The summed E-state index contributed by atoms with van der Waals surface area (Å²) >= 11 is 1.88. The third-order valence-electron chi connectivity index (χ3n) is 6.40. The average Bonchev–Trinajstić information content (AvgIpc) is 3.45. The number of hydrogen-bond donors (Lipinski definition) is 0. The molecule has 0 aromatic heterocycles. The van der Waals surface area contributed by atoms with E-state index in [0.717, 1.165) is 31.6 Å². The van der Waals surface area contributed by atoms with Crippen molar-refractivity contribution < 1.29 is 19.1 Å². The molecule has 7 heteroatoms. The zero-order valence-electron chi connectivity index (χ0n) is 17.4. The molecule has 0 radical (unpaired) electrons. The van der Waals surface area contributed by atoms with E-state index < -0.39 is 0 Å². The normalized spacial score (nSPS) is 19.1. The molecule has 0 atom stereocenters. The van der Waals surface area contributed by atoms with Gasteiger partial charge in [-0.2, -0.15) is 0 Å². The Morgan fingerprint density at radius 2 is 1.74 bits per heavy atom. The third-order valence-corrected chi connectivity index (χ3v) is 7.95. The molecule has 0 saturated carbocycles. The first kappa shape index (κ1) is 20.2. The second-order valence-electron chi connectivity index (χ2n) is 8.19. The minimum absolute atomic E-state index is 0.0121. The lowest BCUT2D eigenvalue weighted by molar-refractivity contribution is -0.134. The van der Waals surface area contributed by atoms with E-state index in [1.807, 2.05) is 34.9 Å².